The number of rotatable bonds is 5. The number of aromatic nitrogens is 2. The lowest BCUT2D eigenvalue weighted by Crippen LogP contribution is -2.44. The molecular weight excluding hydrogens is 371 g/mol. The quantitative estimate of drug-likeness (QED) is 0.828. The van der Waals surface area contributed by atoms with Gasteiger partial charge < -0.3 is 4.57 Å². The normalized spacial score (nSPS) is 15.6. The Morgan fingerprint density at radius 3 is 2.68 bits per heavy atom. The van der Waals surface area contributed by atoms with Crippen molar-refractivity contribution in [2.24, 2.45) is 0 Å². The van der Waals surface area contributed by atoms with E-state index in [9.17, 15) is 18.0 Å². The van der Waals surface area contributed by atoms with Crippen LogP contribution in [0.15, 0.2) is 18.2 Å². The van der Waals surface area contributed by atoms with Crippen LogP contribution in [0.4, 0.5) is 19.1 Å². The SMILES string of the molecule is C.C[C@H](C(=O)Nc1nc2ccc(C#N)cc2n1C1CCC1)N(C)CC(F)(F)F. The van der Waals surface area contributed by atoms with E-state index in [4.69, 9.17) is 5.26 Å². The number of hydrogen-bond donors (Lipinski definition) is 1. The molecule has 1 heterocycles. The monoisotopic (exact) mass is 395 g/mol. The van der Waals surface area contributed by atoms with E-state index in [0.717, 1.165) is 29.7 Å². The van der Waals surface area contributed by atoms with Crippen LogP contribution in [0.1, 0.15) is 45.2 Å². The van der Waals surface area contributed by atoms with Crippen LogP contribution in [0.2, 0.25) is 0 Å². The summed E-state index contributed by atoms with van der Waals surface area (Å²) in [4.78, 5) is 17.9. The molecule has 9 heteroatoms. The van der Waals surface area contributed by atoms with Gasteiger partial charge in [-0.25, -0.2) is 4.98 Å². The Morgan fingerprint density at radius 1 is 1.46 bits per heavy atom. The largest absolute Gasteiger partial charge is 0.401 e. The number of nitriles is 1. The van der Waals surface area contributed by atoms with Crippen molar-refractivity contribution in [1.29, 1.82) is 5.26 Å². The van der Waals surface area contributed by atoms with Gasteiger partial charge in [-0.05, 0) is 51.4 Å². The number of carbonyl (C=O) groups is 1. The second-order valence-corrected chi connectivity index (χ2v) is 6.90. The van der Waals surface area contributed by atoms with Gasteiger partial charge >= 0.3 is 6.18 Å². The van der Waals surface area contributed by atoms with E-state index in [1.165, 1.54) is 14.0 Å². The fraction of sp³-hybridized carbons (Fsp3) is 0.526. The van der Waals surface area contributed by atoms with Gasteiger partial charge in [0.1, 0.15) is 0 Å². The Morgan fingerprint density at radius 2 is 2.14 bits per heavy atom. The molecule has 1 saturated carbocycles. The number of nitrogens with zero attached hydrogens (tertiary/aromatic N) is 4. The molecule has 0 saturated heterocycles. The van der Waals surface area contributed by atoms with Crippen LogP contribution < -0.4 is 5.32 Å². The van der Waals surface area contributed by atoms with E-state index in [0.29, 0.717) is 17.0 Å². The van der Waals surface area contributed by atoms with Crippen molar-refractivity contribution < 1.29 is 18.0 Å². The van der Waals surface area contributed by atoms with Crippen LogP contribution in [0.25, 0.3) is 11.0 Å². The lowest BCUT2D eigenvalue weighted by atomic mass is 9.92. The lowest BCUT2D eigenvalue weighted by Gasteiger charge is -2.30. The molecule has 1 aromatic carbocycles. The van der Waals surface area contributed by atoms with Gasteiger partial charge in [-0.3, -0.25) is 15.0 Å². The van der Waals surface area contributed by atoms with Crippen LogP contribution in [0, 0.1) is 11.3 Å². The van der Waals surface area contributed by atoms with E-state index in [-0.39, 0.29) is 13.5 Å². The van der Waals surface area contributed by atoms with Crippen LogP contribution in [0.5, 0.6) is 0 Å². The summed E-state index contributed by atoms with van der Waals surface area (Å²) >= 11 is 0. The summed E-state index contributed by atoms with van der Waals surface area (Å²) in [6, 6.07) is 6.33. The van der Waals surface area contributed by atoms with Gasteiger partial charge in [-0.1, -0.05) is 7.43 Å². The van der Waals surface area contributed by atoms with E-state index in [2.05, 4.69) is 16.4 Å². The number of alkyl halides is 3. The van der Waals surface area contributed by atoms with Gasteiger partial charge in [-0.15, -0.1) is 0 Å². The lowest BCUT2D eigenvalue weighted by molar-refractivity contribution is -0.149. The molecule has 0 aliphatic heterocycles. The Bertz CT molecular complexity index is 895. The van der Waals surface area contributed by atoms with Gasteiger partial charge in [0.15, 0.2) is 0 Å². The molecule has 0 radical (unpaired) electrons. The van der Waals surface area contributed by atoms with E-state index in [1.54, 1.807) is 18.2 Å². The number of imidazole rings is 1. The highest BCUT2D eigenvalue weighted by atomic mass is 19.4. The van der Waals surface area contributed by atoms with Gasteiger partial charge in [0.2, 0.25) is 11.9 Å². The number of anilines is 1. The van der Waals surface area contributed by atoms with Crippen molar-refractivity contribution in [3.8, 4) is 6.07 Å². The molecule has 28 heavy (non-hydrogen) atoms. The summed E-state index contributed by atoms with van der Waals surface area (Å²) in [5.74, 6) is -0.250. The maximum atomic E-state index is 12.6. The maximum Gasteiger partial charge on any atom is 0.401 e. The number of hydrogen-bond acceptors (Lipinski definition) is 4. The third-order valence-corrected chi connectivity index (χ3v) is 4.96. The first kappa shape index (κ1) is 21.7. The summed E-state index contributed by atoms with van der Waals surface area (Å²) in [7, 11) is 1.26. The standard InChI is InChI=1S/C18H20F3N5O.CH4/c1-11(25(2)10-18(19,20)21)16(27)24-17-23-14-7-6-12(9-22)8-15(14)26(17)13-4-3-5-13;/h6-8,11,13H,3-5,10H2,1-2H3,(H,23,24,27);1H4/t11-;/m1./s1. The molecule has 2 aromatic rings. The molecule has 6 nitrogen and oxygen atoms in total. The minimum absolute atomic E-state index is 0. The Labute approximate surface area is 161 Å². The Balaban J connectivity index is 0.00000280. The molecule has 0 unspecified atom stereocenters. The van der Waals surface area contributed by atoms with Crippen LogP contribution in [-0.4, -0.2) is 46.2 Å². The zero-order chi connectivity index (χ0) is 19.8. The smallest absolute Gasteiger partial charge is 0.307 e. The average Bonchev–Trinajstić information content (AvgIpc) is 2.88. The highest BCUT2D eigenvalue weighted by Crippen LogP contribution is 2.37. The minimum Gasteiger partial charge on any atom is -0.307 e. The third-order valence-electron chi connectivity index (χ3n) is 4.96. The molecule has 1 amide bonds. The zero-order valence-electron chi connectivity index (χ0n) is 15.0. The second-order valence-electron chi connectivity index (χ2n) is 6.90. The first-order valence-corrected chi connectivity index (χ1v) is 8.69. The predicted molar refractivity (Wildman–Crippen MR) is 101 cm³/mol. The number of halogens is 3. The van der Waals surface area contributed by atoms with E-state index in [1.807, 2.05) is 4.57 Å². The molecule has 152 valence electrons. The predicted octanol–water partition coefficient (Wildman–Crippen LogP) is 4.09. The summed E-state index contributed by atoms with van der Waals surface area (Å²) < 4.78 is 39.6. The summed E-state index contributed by atoms with van der Waals surface area (Å²) in [6.07, 6.45) is -1.47. The summed E-state index contributed by atoms with van der Waals surface area (Å²) in [5, 5.41) is 11.8. The van der Waals surface area contributed by atoms with Gasteiger partial charge in [0.05, 0.1) is 35.3 Å². The Hall–Kier alpha value is -2.60. The molecule has 0 bridgehead atoms. The van der Waals surface area contributed by atoms with Crippen molar-refractivity contribution in [2.75, 3.05) is 18.9 Å². The van der Waals surface area contributed by atoms with Gasteiger partial charge in [0.25, 0.3) is 0 Å². The molecule has 1 N–H and O–H groups in total. The molecule has 1 atom stereocenters. The molecule has 1 aliphatic carbocycles. The van der Waals surface area contributed by atoms with Crippen molar-refractivity contribution in [1.82, 2.24) is 14.5 Å². The highest BCUT2D eigenvalue weighted by Gasteiger charge is 2.33. The van der Waals surface area contributed by atoms with Crippen molar-refractivity contribution in [3.05, 3.63) is 23.8 Å². The molecular formula is C19H24F3N5O. The van der Waals surface area contributed by atoms with Crippen LogP contribution in [0.3, 0.4) is 0 Å². The first-order chi connectivity index (χ1) is 12.7. The number of nitrogens with one attached hydrogen (secondary N) is 1. The maximum absolute atomic E-state index is 12.6. The Kier molecular flexibility index (Phi) is 6.34. The van der Waals surface area contributed by atoms with Crippen molar-refractivity contribution >= 4 is 22.9 Å². The first-order valence-electron chi connectivity index (χ1n) is 8.69. The molecule has 1 aliphatic rings. The number of likely N-dealkylation sites (N-methyl/N-ethyl adjacent to an activating group) is 1. The van der Waals surface area contributed by atoms with Crippen molar-refractivity contribution in [2.45, 2.75) is 51.9 Å². The average molecular weight is 395 g/mol. The highest BCUT2D eigenvalue weighted by molar-refractivity contribution is 5.95. The second kappa shape index (κ2) is 8.19. The zero-order valence-corrected chi connectivity index (χ0v) is 15.0. The third kappa shape index (κ3) is 4.44. The molecule has 1 fully saturated rings. The number of fused-ring (bicyclic) bond motifs is 1. The van der Waals surface area contributed by atoms with Crippen LogP contribution >= 0.6 is 0 Å². The summed E-state index contributed by atoms with van der Waals surface area (Å²) in [6.45, 7) is 0.247. The van der Waals surface area contributed by atoms with Gasteiger partial charge in [-0.2, -0.15) is 18.4 Å². The molecule has 0 spiro atoms. The molecule has 1 aromatic heterocycles. The molecule has 3 rings (SSSR count). The van der Waals surface area contributed by atoms with Crippen LogP contribution in [-0.2, 0) is 4.79 Å². The summed E-state index contributed by atoms with van der Waals surface area (Å²) in [5.41, 5.74) is 1.86. The van der Waals surface area contributed by atoms with E-state index >= 15 is 0 Å². The number of amides is 1. The van der Waals surface area contributed by atoms with Gasteiger partial charge in [0, 0.05) is 6.04 Å². The fourth-order valence-electron chi connectivity index (χ4n) is 3.10. The number of benzene rings is 1. The fourth-order valence-corrected chi connectivity index (χ4v) is 3.10. The van der Waals surface area contributed by atoms with E-state index < -0.39 is 24.7 Å². The minimum atomic E-state index is -4.38. The van der Waals surface area contributed by atoms with Crippen molar-refractivity contribution in [3.63, 3.8) is 0 Å². The number of carbonyl (C=O) groups excluding carboxylic acids is 1. The topological polar surface area (TPSA) is 74.0 Å².